The fraction of sp³-hybridized carbons (Fsp3) is 0.500. The van der Waals surface area contributed by atoms with E-state index in [0.717, 1.165) is 10.7 Å². The summed E-state index contributed by atoms with van der Waals surface area (Å²) < 4.78 is 6.60. The quantitative estimate of drug-likeness (QED) is 0.734. The van der Waals surface area contributed by atoms with Crippen LogP contribution >= 0.6 is 11.8 Å². The second-order valence-electron chi connectivity index (χ2n) is 3.22. The summed E-state index contributed by atoms with van der Waals surface area (Å²) in [6.07, 6.45) is 0.342. The van der Waals surface area contributed by atoms with Crippen LogP contribution in [0.5, 0.6) is 0 Å². The van der Waals surface area contributed by atoms with Crippen LogP contribution in [0.3, 0.4) is 0 Å². The molecule has 6 nitrogen and oxygen atoms in total. The highest BCUT2D eigenvalue weighted by molar-refractivity contribution is 7.99. The number of aliphatic carboxylic acids is 1. The molecular weight excluding hydrogens is 242 g/mol. The fourth-order valence-electron chi connectivity index (χ4n) is 1.24. The maximum Gasteiger partial charge on any atom is 0.313 e. The first-order valence-electron chi connectivity index (χ1n) is 4.94. The van der Waals surface area contributed by atoms with Crippen LogP contribution in [0, 0.1) is 11.3 Å². The highest BCUT2D eigenvalue weighted by atomic mass is 32.2. The monoisotopic (exact) mass is 255 g/mol. The predicted octanol–water partition coefficient (Wildman–Crippen LogP) is 1.12. The van der Waals surface area contributed by atoms with E-state index in [1.807, 2.05) is 6.07 Å². The van der Waals surface area contributed by atoms with Crippen molar-refractivity contribution in [3.63, 3.8) is 0 Å². The van der Waals surface area contributed by atoms with Gasteiger partial charge in [-0.3, -0.25) is 9.48 Å². The lowest BCUT2D eigenvalue weighted by Gasteiger charge is -2.02. The van der Waals surface area contributed by atoms with Gasteiger partial charge in [0.1, 0.15) is 0 Å². The van der Waals surface area contributed by atoms with E-state index in [1.54, 1.807) is 17.9 Å². The molecule has 0 radical (unpaired) electrons. The topological polar surface area (TPSA) is 88.1 Å². The van der Waals surface area contributed by atoms with Crippen molar-refractivity contribution in [3.8, 4) is 6.07 Å². The largest absolute Gasteiger partial charge is 0.481 e. The number of methoxy groups -OCH3 is 1. The molecule has 0 aliphatic heterocycles. The van der Waals surface area contributed by atoms with Crippen molar-refractivity contribution in [1.29, 1.82) is 5.26 Å². The number of aryl methyl sites for hydroxylation is 1. The molecule has 0 bridgehead atoms. The summed E-state index contributed by atoms with van der Waals surface area (Å²) in [7, 11) is 1.57. The van der Waals surface area contributed by atoms with Gasteiger partial charge in [0, 0.05) is 7.11 Å². The van der Waals surface area contributed by atoms with Crippen LogP contribution in [0.25, 0.3) is 0 Å². The highest BCUT2D eigenvalue weighted by Crippen LogP contribution is 2.20. The Labute approximate surface area is 103 Å². The molecule has 0 atom stereocenters. The van der Waals surface area contributed by atoms with Gasteiger partial charge in [-0.25, -0.2) is 0 Å². The Hall–Kier alpha value is -1.52. The Bertz CT molecular complexity index is 425. The molecule has 0 unspecified atom stereocenters. The molecular formula is C10H13N3O3S. The number of hydrogen-bond donors (Lipinski definition) is 1. The van der Waals surface area contributed by atoms with E-state index >= 15 is 0 Å². The summed E-state index contributed by atoms with van der Waals surface area (Å²) in [5.74, 6) is -0.902. The summed E-state index contributed by atoms with van der Waals surface area (Å²) in [6, 6.07) is 3.82. The van der Waals surface area contributed by atoms with E-state index in [-0.39, 0.29) is 5.75 Å². The molecule has 17 heavy (non-hydrogen) atoms. The van der Waals surface area contributed by atoms with Crippen molar-refractivity contribution in [2.75, 3.05) is 12.9 Å². The first-order chi connectivity index (χ1) is 8.17. The Balaban J connectivity index is 2.75. The normalized spacial score (nSPS) is 10.1. The van der Waals surface area contributed by atoms with Crippen LogP contribution in [0.1, 0.15) is 12.1 Å². The maximum absolute atomic E-state index is 10.5. The number of nitrogens with zero attached hydrogens (tertiary/aromatic N) is 3. The molecule has 0 saturated carbocycles. The van der Waals surface area contributed by atoms with Crippen LogP contribution < -0.4 is 0 Å². The van der Waals surface area contributed by atoms with E-state index in [1.165, 1.54) is 11.8 Å². The van der Waals surface area contributed by atoms with Crippen molar-refractivity contribution in [1.82, 2.24) is 9.78 Å². The molecule has 0 aliphatic carbocycles. The second-order valence-corrected chi connectivity index (χ2v) is 4.22. The number of hydrogen-bond acceptors (Lipinski definition) is 5. The Morgan fingerprint density at radius 1 is 1.76 bits per heavy atom. The average Bonchev–Trinajstić information content (AvgIpc) is 2.66. The number of carbonyl (C=O) groups is 1. The Kier molecular flexibility index (Phi) is 5.52. The van der Waals surface area contributed by atoms with Gasteiger partial charge in [-0.15, -0.1) is 0 Å². The zero-order valence-electron chi connectivity index (χ0n) is 9.42. The molecule has 0 saturated heterocycles. The third-order valence-electron chi connectivity index (χ3n) is 1.86. The van der Waals surface area contributed by atoms with Gasteiger partial charge in [0.25, 0.3) is 0 Å². The predicted molar refractivity (Wildman–Crippen MR) is 61.5 cm³/mol. The van der Waals surface area contributed by atoms with Crippen LogP contribution in [-0.2, 0) is 22.7 Å². The van der Waals surface area contributed by atoms with E-state index in [2.05, 4.69) is 5.10 Å². The average molecular weight is 255 g/mol. The molecule has 0 aliphatic rings. The summed E-state index contributed by atoms with van der Waals surface area (Å²) in [4.78, 5) is 10.5. The smallest absolute Gasteiger partial charge is 0.313 e. The van der Waals surface area contributed by atoms with E-state index in [0.29, 0.717) is 19.6 Å². The van der Waals surface area contributed by atoms with Crippen LogP contribution in [0.2, 0.25) is 0 Å². The van der Waals surface area contributed by atoms with Gasteiger partial charge in [0.05, 0.1) is 42.1 Å². The van der Waals surface area contributed by atoms with Crippen LogP contribution in [0.4, 0.5) is 0 Å². The highest BCUT2D eigenvalue weighted by Gasteiger charge is 2.09. The Morgan fingerprint density at radius 3 is 3.12 bits per heavy atom. The standard InChI is InChI=1S/C10H13N3O3S/c1-16-6-8-5-9(17-7-10(14)15)13(12-8)4-2-3-11/h5H,2,4,6-7H2,1H3,(H,14,15). The van der Waals surface area contributed by atoms with Crippen molar-refractivity contribution in [2.45, 2.75) is 24.6 Å². The Morgan fingerprint density at radius 2 is 2.53 bits per heavy atom. The lowest BCUT2D eigenvalue weighted by molar-refractivity contribution is -0.133. The van der Waals surface area contributed by atoms with Crippen LogP contribution in [-0.4, -0.2) is 33.7 Å². The van der Waals surface area contributed by atoms with E-state index in [9.17, 15) is 4.79 Å². The number of nitriles is 1. The van der Waals surface area contributed by atoms with E-state index < -0.39 is 5.97 Å². The minimum Gasteiger partial charge on any atom is -0.481 e. The van der Waals surface area contributed by atoms with Gasteiger partial charge < -0.3 is 9.84 Å². The molecule has 1 aromatic heterocycles. The van der Waals surface area contributed by atoms with Gasteiger partial charge in [-0.05, 0) is 6.07 Å². The number of rotatable bonds is 7. The lowest BCUT2D eigenvalue weighted by atomic mass is 10.4. The van der Waals surface area contributed by atoms with E-state index in [4.69, 9.17) is 15.1 Å². The molecule has 92 valence electrons. The van der Waals surface area contributed by atoms with Gasteiger partial charge >= 0.3 is 5.97 Å². The molecule has 0 fully saturated rings. The van der Waals surface area contributed by atoms with Gasteiger partial charge in [0.2, 0.25) is 0 Å². The van der Waals surface area contributed by atoms with Crippen LogP contribution in [0.15, 0.2) is 11.1 Å². The minimum atomic E-state index is -0.878. The third-order valence-corrected chi connectivity index (χ3v) is 2.88. The minimum absolute atomic E-state index is 0.0231. The number of ether oxygens (including phenoxy) is 1. The van der Waals surface area contributed by atoms with Crippen molar-refractivity contribution < 1.29 is 14.6 Å². The second kappa shape index (κ2) is 6.93. The van der Waals surface area contributed by atoms with Gasteiger partial charge in [-0.1, -0.05) is 11.8 Å². The maximum atomic E-state index is 10.5. The molecule has 0 aromatic carbocycles. The zero-order valence-corrected chi connectivity index (χ0v) is 10.2. The summed E-state index contributed by atoms with van der Waals surface area (Å²) >= 11 is 1.19. The molecule has 1 rings (SSSR count). The molecule has 1 aromatic rings. The summed E-state index contributed by atoms with van der Waals surface area (Å²) in [6.45, 7) is 0.836. The molecule has 7 heteroatoms. The summed E-state index contributed by atoms with van der Waals surface area (Å²) in [5.41, 5.74) is 0.735. The van der Waals surface area contributed by atoms with Crippen molar-refractivity contribution in [2.24, 2.45) is 0 Å². The number of carboxylic acids is 1. The van der Waals surface area contributed by atoms with Crippen molar-refractivity contribution in [3.05, 3.63) is 11.8 Å². The zero-order chi connectivity index (χ0) is 12.7. The molecule has 1 N–H and O–H groups in total. The van der Waals surface area contributed by atoms with Gasteiger partial charge in [-0.2, -0.15) is 10.4 Å². The fourth-order valence-corrected chi connectivity index (χ4v) is 2.01. The first-order valence-corrected chi connectivity index (χ1v) is 5.93. The van der Waals surface area contributed by atoms with Crippen molar-refractivity contribution >= 4 is 17.7 Å². The lowest BCUT2D eigenvalue weighted by Crippen LogP contribution is -2.04. The number of aromatic nitrogens is 2. The molecule has 0 spiro atoms. The summed E-state index contributed by atoms with van der Waals surface area (Å²) in [5, 5.41) is 22.1. The first kappa shape index (κ1) is 13.5. The SMILES string of the molecule is COCc1cc(SCC(=O)O)n(CCC#N)n1. The molecule has 1 heterocycles. The van der Waals surface area contributed by atoms with Gasteiger partial charge in [0.15, 0.2) is 0 Å². The molecule has 0 amide bonds. The number of thioether (sulfide) groups is 1. The number of carboxylic acid groups (broad SMARTS) is 1. The third kappa shape index (κ3) is 4.46.